The van der Waals surface area contributed by atoms with E-state index in [0.717, 1.165) is 10.7 Å². The van der Waals surface area contributed by atoms with Crippen LogP contribution >= 0.6 is 11.8 Å². The van der Waals surface area contributed by atoms with Gasteiger partial charge in [0.1, 0.15) is 0 Å². The third-order valence-electron chi connectivity index (χ3n) is 3.43. The van der Waals surface area contributed by atoms with Gasteiger partial charge >= 0.3 is 0 Å². The van der Waals surface area contributed by atoms with Crippen molar-refractivity contribution in [2.24, 2.45) is 0 Å². The third kappa shape index (κ3) is 2.31. The van der Waals surface area contributed by atoms with Crippen LogP contribution in [0.1, 0.15) is 10.4 Å². The Morgan fingerprint density at radius 1 is 1.23 bits per heavy atom. The summed E-state index contributed by atoms with van der Waals surface area (Å²) in [6, 6.07) is 11.2. The van der Waals surface area contributed by atoms with Gasteiger partial charge in [0.25, 0.3) is 0 Å². The summed E-state index contributed by atoms with van der Waals surface area (Å²) >= 11 is 1.42. The van der Waals surface area contributed by atoms with E-state index in [2.05, 4.69) is 4.98 Å². The summed E-state index contributed by atoms with van der Waals surface area (Å²) in [5.74, 6) is 1.68. The lowest BCUT2D eigenvalue weighted by Crippen LogP contribution is -2.03. The molecule has 0 aliphatic carbocycles. The van der Waals surface area contributed by atoms with Crippen LogP contribution in [0.15, 0.2) is 53.9 Å². The summed E-state index contributed by atoms with van der Waals surface area (Å²) in [6.45, 7) is 0.210. The molecule has 2 aromatic heterocycles. The SMILES string of the molecule is O=C(CSc1ncc2ccccn12)c1ccc2c(c1)OCO2. The van der Waals surface area contributed by atoms with E-state index in [9.17, 15) is 4.79 Å². The second-order valence-corrected chi connectivity index (χ2v) is 5.76. The van der Waals surface area contributed by atoms with E-state index in [-0.39, 0.29) is 12.6 Å². The molecule has 22 heavy (non-hydrogen) atoms. The second kappa shape index (κ2) is 5.38. The number of ether oxygens (including phenoxy) is 2. The van der Waals surface area contributed by atoms with Gasteiger partial charge < -0.3 is 9.47 Å². The van der Waals surface area contributed by atoms with Crippen LogP contribution in [0.25, 0.3) is 5.52 Å². The molecule has 0 saturated heterocycles. The van der Waals surface area contributed by atoms with Crippen molar-refractivity contribution in [1.29, 1.82) is 0 Å². The number of Topliss-reactive ketones (excluding diaryl/α,β-unsaturated/α-hetero) is 1. The minimum absolute atomic E-state index is 0.0379. The smallest absolute Gasteiger partial charge is 0.231 e. The number of imidazole rings is 1. The highest BCUT2D eigenvalue weighted by molar-refractivity contribution is 7.99. The lowest BCUT2D eigenvalue weighted by atomic mass is 10.1. The number of benzene rings is 1. The molecule has 5 nitrogen and oxygen atoms in total. The molecule has 0 spiro atoms. The highest BCUT2D eigenvalue weighted by Crippen LogP contribution is 2.33. The molecule has 1 aliphatic heterocycles. The first-order chi connectivity index (χ1) is 10.8. The van der Waals surface area contributed by atoms with E-state index < -0.39 is 0 Å². The number of nitrogens with zero attached hydrogens (tertiary/aromatic N) is 2. The molecule has 4 rings (SSSR count). The number of carbonyl (C=O) groups is 1. The van der Waals surface area contributed by atoms with E-state index in [1.165, 1.54) is 11.8 Å². The van der Waals surface area contributed by atoms with Crippen molar-refractivity contribution in [3.8, 4) is 11.5 Å². The van der Waals surface area contributed by atoms with Gasteiger partial charge in [-0.05, 0) is 30.3 Å². The van der Waals surface area contributed by atoms with Crippen molar-refractivity contribution < 1.29 is 14.3 Å². The average molecular weight is 312 g/mol. The van der Waals surface area contributed by atoms with Gasteiger partial charge in [-0.15, -0.1) is 0 Å². The number of ketones is 1. The van der Waals surface area contributed by atoms with Crippen LogP contribution in [0.5, 0.6) is 11.5 Å². The van der Waals surface area contributed by atoms with Crippen molar-refractivity contribution in [2.75, 3.05) is 12.5 Å². The van der Waals surface area contributed by atoms with Gasteiger partial charge in [0, 0.05) is 11.8 Å². The van der Waals surface area contributed by atoms with Crippen molar-refractivity contribution >= 4 is 23.1 Å². The molecule has 0 amide bonds. The molecular weight excluding hydrogens is 300 g/mol. The van der Waals surface area contributed by atoms with E-state index in [1.54, 1.807) is 24.4 Å². The summed E-state index contributed by atoms with van der Waals surface area (Å²) in [5, 5.41) is 0.810. The molecule has 110 valence electrons. The van der Waals surface area contributed by atoms with E-state index in [1.807, 2.05) is 28.8 Å². The summed E-state index contributed by atoms with van der Waals surface area (Å²) in [7, 11) is 0. The van der Waals surface area contributed by atoms with Crippen LogP contribution in [-0.4, -0.2) is 27.7 Å². The lowest BCUT2D eigenvalue weighted by molar-refractivity contribution is 0.102. The zero-order chi connectivity index (χ0) is 14.9. The number of hydrogen-bond donors (Lipinski definition) is 0. The maximum Gasteiger partial charge on any atom is 0.231 e. The predicted octanol–water partition coefficient (Wildman–Crippen LogP) is 3.04. The van der Waals surface area contributed by atoms with E-state index in [4.69, 9.17) is 9.47 Å². The number of aromatic nitrogens is 2. The van der Waals surface area contributed by atoms with Gasteiger partial charge in [0.15, 0.2) is 22.4 Å². The highest BCUT2D eigenvalue weighted by atomic mass is 32.2. The van der Waals surface area contributed by atoms with Crippen molar-refractivity contribution in [2.45, 2.75) is 5.16 Å². The predicted molar refractivity (Wildman–Crippen MR) is 82.8 cm³/mol. The number of pyridine rings is 1. The Balaban J connectivity index is 1.50. The van der Waals surface area contributed by atoms with Crippen LogP contribution in [0, 0.1) is 0 Å². The number of hydrogen-bond acceptors (Lipinski definition) is 5. The maximum atomic E-state index is 12.3. The molecule has 1 aromatic carbocycles. The zero-order valence-electron chi connectivity index (χ0n) is 11.6. The number of carbonyl (C=O) groups excluding carboxylic acids is 1. The normalized spacial score (nSPS) is 12.7. The molecule has 0 bridgehead atoms. The van der Waals surface area contributed by atoms with Crippen LogP contribution in [0.3, 0.4) is 0 Å². The molecule has 6 heteroatoms. The highest BCUT2D eigenvalue weighted by Gasteiger charge is 2.16. The Morgan fingerprint density at radius 3 is 3.09 bits per heavy atom. The van der Waals surface area contributed by atoms with Gasteiger partial charge in [-0.3, -0.25) is 9.20 Å². The zero-order valence-corrected chi connectivity index (χ0v) is 12.4. The number of fused-ring (bicyclic) bond motifs is 2. The molecule has 3 heterocycles. The molecule has 3 aromatic rings. The molecule has 0 fully saturated rings. The van der Waals surface area contributed by atoms with Crippen LogP contribution in [0.4, 0.5) is 0 Å². The summed E-state index contributed by atoms with van der Waals surface area (Å²) in [5.41, 5.74) is 1.64. The monoisotopic (exact) mass is 312 g/mol. The fraction of sp³-hybridized carbons (Fsp3) is 0.125. The number of thioether (sulfide) groups is 1. The van der Waals surface area contributed by atoms with Crippen molar-refractivity contribution in [1.82, 2.24) is 9.38 Å². The van der Waals surface area contributed by atoms with Gasteiger partial charge in [0.05, 0.1) is 17.5 Å². The van der Waals surface area contributed by atoms with Gasteiger partial charge in [-0.1, -0.05) is 17.8 Å². The van der Waals surface area contributed by atoms with Crippen LogP contribution in [0.2, 0.25) is 0 Å². The fourth-order valence-electron chi connectivity index (χ4n) is 2.31. The Hall–Kier alpha value is -2.47. The minimum Gasteiger partial charge on any atom is -0.454 e. The van der Waals surface area contributed by atoms with Crippen LogP contribution in [-0.2, 0) is 0 Å². The van der Waals surface area contributed by atoms with Crippen molar-refractivity contribution in [3.63, 3.8) is 0 Å². The second-order valence-electron chi connectivity index (χ2n) is 4.82. The fourth-order valence-corrected chi connectivity index (χ4v) is 3.17. The first-order valence-electron chi connectivity index (χ1n) is 6.79. The summed E-state index contributed by atoms with van der Waals surface area (Å²) < 4.78 is 12.5. The Morgan fingerprint density at radius 2 is 2.14 bits per heavy atom. The molecule has 0 unspecified atom stereocenters. The van der Waals surface area contributed by atoms with E-state index in [0.29, 0.717) is 22.8 Å². The van der Waals surface area contributed by atoms with Gasteiger partial charge in [-0.25, -0.2) is 4.98 Å². The van der Waals surface area contributed by atoms with Gasteiger partial charge in [0.2, 0.25) is 6.79 Å². The Bertz CT molecular complexity index is 859. The molecule has 1 aliphatic rings. The lowest BCUT2D eigenvalue weighted by Gasteiger charge is -2.03. The molecule has 0 radical (unpaired) electrons. The minimum atomic E-state index is 0.0379. The standard InChI is InChI=1S/C16H12N2O3S/c19-13(11-4-5-14-15(7-11)21-10-20-14)9-22-16-17-8-12-3-1-2-6-18(12)16/h1-8H,9-10H2. The first kappa shape index (κ1) is 13.2. The molecule has 0 saturated carbocycles. The molecule has 0 N–H and O–H groups in total. The topological polar surface area (TPSA) is 52.8 Å². The Kier molecular flexibility index (Phi) is 3.23. The molecule has 0 atom stereocenters. The van der Waals surface area contributed by atoms with E-state index >= 15 is 0 Å². The third-order valence-corrected chi connectivity index (χ3v) is 4.40. The maximum absolute atomic E-state index is 12.3. The number of rotatable bonds is 4. The summed E-state index contributed by atoms with van der Waals surface area (Å²) in [4.78, 5) is 16.7. The van der Waals surface area contributed by atoms with Gasteiger partial charge in [-0.2, -0.15) is 0 Å². The van der Waals surface area contributed by atoms with Crippen LogP contribution < -0.4 is 9.47 Å². The largest absolute Gasteiger partial charge is 0.454 e. The first-order valence-corrected chi connectivity index (χ1v) is 7.77. The average Bonchev–Trinajstić information content (AvgIpc) is 3.18. The molecular formula is C16H12N2O3S. The summed E-state index contributed by atoms with van der Waals surface area (Å²) in [6.07, 6.45) is 3.74. The Labute approximate surface area is 130 Å². The quantitative estimate of drug-likeness (QED) is 0.547. The van der Waals surface area contributed by atoms with Crippen molar-refractivity contribution in [3.05, 3.63) is 54.4 Å².